The van der Waals surface area contributed by atoms with Gasteiger partial charge in [0.15, 0.2) is 5.96 Å². The van der Waals surface area contributed by atoms with Gasteiger partial charge in [-0.1, -0.05) is 18.2 Å². The predicted molar refractivity (Wildman–Crippen MR) is 107 cm³/mol. The molecule has 1 aliphatic heterocycles. The maximum Gasteiger partial charge on any atom is 0.573 e. The van der Waals surface area contributed by atoms with Gasteiger partial charge in [0.1, 0.15) is 5.75 Å². The minimum Gasteiger partial charge on any atom is -0.405 e. The van der Waals surface area contributed by atoms with Gasteiger partial charge in [-0.3, -0.25) is 0 Å². The molecule has 29 heavy (non-hydrogen) atoms. The van der Waals surface area contributed by atoms with Crippen LogP contribution in [0.4, 0.5) is 13.2 Å². The molecule has 6 nitrogen and oxygen atoms in total. The number of nitrogens with one attached hydrogen (secondary N) is 2. The Morgan fingerprint density at radius 1 is 1.21 bits per heavy atom. The average molecular weight is 416 g/mol. The first-order chi connectivity index (χ1) is 13.9. The van der Waals surface area contributed by atoms with Gasteiger partial charge < -0.3 is 25.0 Å². The lowest BCUT2D eigenvalue weighted by atomic mass is 9.97. The first-order valence-electron chi connectivity index (χ1n) is 9.98. The quantitative estimate of drug-likeness (QED) is 0.479. The van der Waals surface area contributed by atoms with E-state index in [9.17, 15) is 13.2 Å². The summed E-state index contributed by atoms with van der Waals surface area (Å²) in [5.74, 6) is 0.914. The molecule has 1 aromatic rings. The van der Waals surface area contributed by atoms with E-state index < -0.39 is 6.36 Å². The number of alkyl halides is 3. The van der Waals surface area contributed by atoms with Crippen molar-refractivity contribution in [2.24, 2.45) is 10.9 Å². The molecule has 0 aliphatic carbocycles. The number of hydrogen-bond donors (Lipinski definition) is 2. The monoisotopic (exact) mass is 416 g/mol. The van der Waals surface area contributed by atoms with E-state index in [1.54, 1.807) is 19.2 Å². The normalized spacial score (nSPS) is 16.7. The van der Waals surface area contributed by atoms with Crippen molar-refractivity contribution in [1.82, 2.24) is 15.5 Å². The van der Waals surface area contributed by atoms with E-state index in [2.05, 4.69) is 25.3 Å². The Morgan fingerprint density at radius 2 is 1.93 bits per heavy atom. The van der Waals surface area contributed by atoms with E-state index in [4.69, 9.17) is 4.74 Å². The van der Waals surface area contributed by atoms with Gasteiger partial charge in [0.25, 0.3) is 0 Å². The van der Waals surface area contributed by atoms with Crippen molar-refractivity contribution < 1.29 is 22.6 Å². The predicted octanol–water partition coefficient (Wildman–Crippen LogP) is 3.00. The fourth-order valence-corrected chi connectivity index (χ4v) is 3.24. The number of para-hydroxylation sites is 1. The number of ether oxygens (including phenoxy) is 2. The molecule has 1 fully saturated rings. The van der Waals surface area contributed by atoms with Gasteiger partial charge in [-0.05, 0) is 44.8 Å². The molecule has 1 aliphatic rings. The lowest BCUT2D eigenvalue weighted by Gasteiger charge is -2.32. The molecule has 1 aromatic carbocycles. The van der Waals surface area contributed by atoms with Crippen LogP contribution in [0, 0.1) is 5.92 Å². The molecular formula is C20H31F3N4O2. The number of halogens is 3. The van der Waals surface area contributed by atoms with Crippen LogP contribution in [0.1, 0.15) is 25.3 Å². The van der Waals surface area contributed by atoms with Gasteiger partial charge in [0, 0.05) is 32.3 Å². The lowest BCUT2D eigenvalue weighted by molar-refractivity contribution is -0.274. The second-order valence-electron chi connectivity index (χ2n) is 7.01. The highest BCUT2D eigenvalue weighted by Crippen LogP contribution is 2.26. The minimum absolute atomic E-state index is 0.0943. The number of aliphatic imine (C=N–C) groups is 1. The Bertz CT molecular complexity index is 632. The van der Waals surface area contributed by atoms with Crippen molar-refractivity contribution >= 4 is 5.96 Å². The van der Waals surface area contributed by atoms with Crippen LogP contribution in [0.25, 0.3) is 0 Å². The van der Waals surface area contributed by atoms with E-state index in [1.807, 2.05) is 6.92 Å². The maximum atomic E-state index is 12.6. The SMILES string of the molecule is CCNC(=NCc1ccccc1OC(F)(F)F)NCC1CCN(CCOC)CC1. The second kappa shape index (κ2) is 11.9. The molecule has 0 atom stereocenters. The summed E-state index contributed by atoms with van der Waals surface area (Å²) in [4.78, 5) is 6.83. The van der Waals surface area contributed by atoms with Crippen LogP contribution in [-0.2, 0) is 11.3 Å². The van der Waals surface area contributed by atoms with Gasteiger partial charge in [-0.2, -0.15) is 0 Å². The second-order valence-corrected chi connectivity index (χ2v) is 7.01. The summed E-state index contributed by atoms with van der Waals surface area (Å²) >= 11 is 0. The van der Waals surface area contributed by atoms with Gasteiger partial charge in [0.05, 0.1) is 13.2 Å². The molecule has 2 N–H and O–H groups in total. The van der Waals surface area contributed by atoms with E-state index >= 15 is 0 Å². The van der Waals surface area contributed by atoms with Crippen molar-refractivity contribution in [3.8, 4) is 5.75 Å². The average Bonchev–Trinajstić information content (AvgIpc) is 2.69. The Balaban J connectivity index is 1.88. The molecule has 0 radical (unpaired) electrons. The smallest absolute Gasteiger partial charge is 0.405 e. The van der Waals surface area contributed by atoms with Crippen LogP contribution in [0.5, 0.6) is 5.75 Å². The summed E-state index contributed by atoms with van der Waals surface area (Å²) in [5.41, 5.74) is 0.383. The highest BCUT2D eigenvalue weighted by Gasteiger charge is 2.31. The van der Waals surface area contributed by atoms with Crippen LogP contribution >= 0.6 is 0 Å². The van der Waals surface area contributed by atoms with Crippen molar-refractivity contribution in [2.75, 3.05) is 46.4 Å². The molecule has 1 saturated heterocycles. The van der Waals surface area contributed by atoms with Crippen LogP contribution in [0.15, 0.2) is 29.3 Å². The summed E-state index contributed by atoms with van der Waals surface area (Å²) in [6, 6.07) is 6.07. The highest BCUT2D eigenvalue weighted by molar-refractivity contribution is 5.79. The van der Waals surface area contributed by atoms with E-state index in [-0.39, 0.29) is 12.3 Å². The molecule has 2 rings (SSSR count). The molecule has 0 unspecified atom stereocenters. The molecule has 1 heterocycles. The molecule has 0 aromatic heterocycles. The van der Waals surface area contributed by atoms with Crippen LogP contribution < -0.4 is 15.4 Å². The number of guanidine groups is 1. The molecule has 0 spiro atoms. The number of rotatable bonds is 9. The van der Waals surface area contributed by atoms with Gasteiger partial charge in [0.2, 0.25) is 0 Å². The molecule has 0 amide bonds. The Kier molecular flexibility index (Phi) is 9.53. The van der Waals surface area contributed by atoms with Gasteiger partial charge in [-0.25, -0.2) is 4.99 Å². The third-order valence-corrected chi connectivity index (χ3v) is 4.83. The topological polar surface area (TPSA) is 58.1 Å². The number of benzene rings is 1. The number of nitrogens with zero attached hydrogens (tertiary/aromatic N) is 2. The van der Waals surface area contributed by atoms with Gasteiger partial charge >= 0.3 is 6.36 Å². The molecule has 9 heteroatoms. The molecule has 0 saturated carbocycles. The van der Waals surface area contributed by atoms with Crippen molar-refractivity contribution in [2.45, 2.75) is 32.7 Å². The largest absolute Gasteiger partial charge is 0.573 e. The fraction of sp³-hybridized carbons (Fsp3) is 0.650. The van der Waals surface area contributed by atoms with Crippen LogP contribution in [-0.4, -0.2) is 63.7 Å². The Morgan fingerprint density at radius 3 is 2.59 bits per heavy atom. The summed E-state index contributed by atoms with van der Waals surface area (Å²) in [7, 11) is 1.71. The molecular weight excluding hydrogens is 385 g/mol. The van der Waals surface area contributed by atoms with E-state index in [1.165, 1.54) is 12.1 Å². The fourth-order valence-electron chi connectivity index (χ4n) is 3.24. The van der Waals surface area contributed by atoms with Crippen LogP contribution in [0.2, 0.25) is 0 Å². The summed E-state index contributed by atoms with van der Waals surface area (Å²) in [5, 5.41) is 6.46. The van der Waals surface area contributed by atoms with Crippen molar-refractivity contribution in [1.29, 1.82) is 0 Å². The molecule has 164 valence electrons. The van der Waals surface area contributed by atoms with Crippen LogP contribution in [0.3, 0.4) is 0 Å². The third-order valence-electron chi connectivity index (χ3n) is 4.83. The number of hydrogen-bond acceptors (Lipinski definition) is 4. The zero-order chi connectivity index (χ0) is 21.1. The maximum absolute atomic E-state index is 12.6. The van der Waals surface area contributed by atoms with Crippen molar-refractivity contribution in [3.05, 3.63) is 29.8 Å². The highest BCUT2D eigenvalue weighted by atomic mass is 19.4. The summed E-state index contributed by atoms with van der Waals surface area (Å²) in [6.07, 6.45) is -2.53. The minimum atomic E-state index is -4.72. The number of piperidine rings is 1. The standard InChI is InChI=1S/C20H31F3N4O2/c1-3-24-19(25-14-16-8-10-27(11-9-16)12-13-28-2)26-15-17-6-4-5-7-18(17)29-20(21,22)23/h4-7,16H,3,8-15H2,1-2H3,(H2,24,25,26). The third kappa shape index (κ3) is 8.91. The first kappa shape index (κ1) is 23.3. The zero-order valence-corrected chi connectivity index (χ0v) is 17.1. The number of methoxy groups -OCH3 is 1. The Labute approximate surface area is 170 Å². The lowest BCUT2D eigenvalue weighted by Crippen LogP contribution is -2.43. The van der Waals surface area contributed by atoms with E-state index in [0.29, 0.717) is 24.0 Å². The summed E-state index contributed by atoms with van der Waals surface area (Å²) in [6.45, 7) is 7.30. The van der Waals surface area contributed by atoms with Gasteiger partial charge in [-0.15, -0.1) is 13.2 Å². The van der Waals surface area contributed by atoms with Crippen molar-refractivity contribution in [3.63, 3.8) is 0 Å². The van der Waals surface area contributed by atoms with E-state index in [0.717, 1.165) is 45.6 Å². The Hall–Kier alpha value is -2.00. The first-order valence-corrected chi connectivity index (χ1v) is 9.98. The zero-order valence-electron chi connectivity index (χ0n) is 17.1. The summed E-state index contributed by atoms with van der Waals surface area (Å²) < 4.78 is 46.9. The number of likely N-dealkylation sites (tertiary alicyclic amines) is 1. The molecule has 0 bridgehead atoms.